The van der Waals surface area contributed by atoms with E-state index in [9.17, 15) is 4.79 Å². The molecule has 1 unspecified atom stereocenters. The number of nitrogens with one attached hydrogen (secondary N) is 2. The molecular weight excluding hydrogens is 484 g/mol. The lowest BCUT2D eigenvalue weighted by Crippen LogP contribution is -2.23. The van der Waals surface area contributed by atoms with E-state index in [1.807, 2.05) is 35.2 Å². The number of rotatable bonds is 11. The number of ether oxygens (including phenoxy) is 3. The molecule has 38 heavy (non-hydrogen) atoms. The van der Waals surface area contributed by atoms with Crippen LogP contribution in [0.25, 0.3) is 11.2 Å². The highest BCUT2D eigenvalue weighted by Crippen LogP contribution is 2.31. The fraction of sp³-hybridized carbons (Fsp3) is 0.571. The van der Waals surface area contributed by atoms with Crippen LogP contribution in [0.3, 0.4) is 0 Å². The summed E-state index contributed by atoms with van der Waals surface area (Å²) >= 11 is 0. The predicted octanol–water partition coefficient (Wildman–Crippen LogP) is 5.74. The van der Waals surface area contributed by atoms with E-state index < -0.39 is 0 Å². The number of benzene rings is 1. The smallest absolute Gasteiger partial charge is 0.305 e. The summed E-state index contributed by atoms with van der Waals surface area (Å²) in [6.45, 7) is 1.31. The van der Waals surface area contributed by atoms with E-state index in [0.717, 1.165) is 80.0 Å². The van der Waals surface area contributed by atoms with Gasteiger partial charge >= 0.3 is 5.97 Å². The first kappa shape index (κ1) is 26.2. The Kier molecular flexibility index (Phi) is 8.90. The van der Waals surface area contributed by atoms with Crippen molar-refractivity contribution in [2.75, 3.05) is 31.0 Å². The van der Waals surface area contributed by atoms with Crippen LogP contribution >= 0.6 is 0 Å². The Bertz CT molecular complexity index is 1190. The summed E-state index contributed by atoms with van der Waals surface area (Å²) in [6, 6.07) is 8.14. The average molecular weight is 523 g/mol. The fourth-order valence-corrected chi connectivity index (χ4v) is 5.09. The van der Waals surface area contributed by atoms with E-state index in [4.69, 9.17) is 24.4 Å². The topological polar surface area (TPSA) is 112 Å². The van der Waals surface area contributed by atoms with Crippen molar-refractivity contribution in [2.24, 2.45) is 0 Å². The molecule has 1 aromatic carbocycles. The molecule has 3 heterocycles. The summed E-state index contributed by atoms with van der Waals surface area (Å²) in [5.41, 5.74) is 2.43. The molecule has 0 spiro atoms. The van der Waals surface area contributed by atoms with Crippen LogP contribution in [0.2, 0.25) is 0 Å². The summed E-state index contributed by atoms with van der Waals surface area (Å²) in [7, 11) is 1.41. The van der Waals surface area contributed by atoms with E-state index in [1.165, 1.54) is 26.4 Å². The van der Waals surface area contributed by atoms with E-state index in [1.54, 1.807) is 0 Å². The second-order valence-electron chi connectivity index (χ2n) is 10.1. The van der Waals surface area contributed by atoms with Crippen molar-refractivity contribution < 1.29 is 19.0 Å². The molecular formula is C28H38N6O4. The molecule has 10 heteroatoms. The van der Waals surface area contributed by atoms with Crippen LogP contribution in [0.5, 0.6) is 5.75 Å². The van der Waals surface area contributed by atoms with E-state index in [0.29, 0.717) is 25.0 Å². The number of nitrogens with zero attached hydrogens (tertiary/aromatic N) is 4. The zero-order chi connectivity index (χ0) is 26.2. The zero-order valence-corrected chi connectivity index (χ0v) is 22.2. The van der Waals surface area contributed by atoms with Crippen molar-refractivity contribution in [2.45, 2.75) is 82.9 Å². The summed E-state index contributed by atoms with van der Waals surface area (Å²) < 4.78 is 18.6. The molecule has 2 aromatic heterocycles. The fourth-order valence-electron chi connectivity index (χ4n) is 5.09. The third-order valence-electron chi connectivity index (χ3n) is 7.22. The number of fused-ring (bicyclic) bond motifs is 1. The maximum atomic E-state index is 11.2. The second kappa shape index (κ2) is 12.9. The van der Waals surface area contributed by atoms with Gasteiger partial charge in [0.15, 0.2) is 17.0 Å². The molecule has 1 aliphatic heterocycles. The van der Waals surface area contributed by atoms with E-state index in [2.05, 4.69) is 15.4 Å². The third kappa shape index (κ3) is 6.72. The number of aromatic nitrogens is 4. The maximum Gasteiger partial charge on any atom is 0.305 e. The Morgan fingerprint density at radius 3 is 2.63 bits per heavy atom. The number of anilines is 3. The Hall–Kier alpha value is -3.40. The van der Waals surface area contributed by atoms with Crippen LogP contribution in [0.4, 0.5) is 17.5 Å². The molecule has 2 aliphatic rings. The lowest BCUT2D eigenvalue weighted by Gasteiger charge is -2.25. The number of esters is 1. The molecule has 10 nitrogen and oxygen atoms in total. The number of methoxy groups -OCH3 is 1. The number of hydrogen-bond acceptors (Lipinski definition) is 9. The number of carbonyl (C=O) groups excluding carboxylic acids is 1. The van der Waals surface area contributed by atoms with Crippen LogP contribution in [-0.2, 0) is 14.3 Å². The lowest BCUT2D eigenvalue weighted by molar-refractivity contribution is -0.140. The molecule has 5 rings (SSSR count). The molecule has 1 aliphatic carbocycles. The van der Waals surface area contributed by atoms with Crippen LogP contribution < -0.4 is 15.4 Å². The molecule has 2 N–H and O–H groups in total. The number of hydrogen-bond donors (Lipinski definition) is 2. The zero-order valence-electron chi connectivity index (χ0n) is 22.2. The van der Waals surface area contributed by atoms with Crippen molar-refractivity contribution in [1.82, 2.24) is 19.5 Å². The Morgan fingerprint density at radius 2 is 1.87 bits per heavy atom. The van der Waals surface area contributed by atoms with Crippen molar-refractivity contribution in [3.05, 3.63) is 30.6 Å². The highest BCUT2D eigenvalue weighted by molar-refractivity contribution is 5.85. The number of carbonyl (C=O) groups is 1. The minimum atomic E-state index is -0.188. The first-order valence-electron chi connectivity index (χ1n) is 13.9. The maximum absolute atomic E-state index is 11.2. The molecule has 0 radical (unpaired) electrons. The largest absolute Gasteiger partial charge is 0.494 e. The van der Waals surface area contributed by atoms with Crippen molar-refractivity contribution in [1.29, 1.82) is 0 Å². The quantitative estimate of drug-likeness (QED) is 0.241. The molecule has 204 valence electrons. The molecule has 1 atom stereocenters. The Balaban J connectivity index is 1.29. The first-order valence-corrected chi connectivity index (χ1v) is 13.9. The minimum absolute atomic E-state index is 0.0527. The Morgan fingerprint density at radius 1 is 1.05 bits per heavy atom. The summed E-state index contributed by atoms with van der Waals surface area (Å²) in [5.74, 6) is 1.88. The van der Waals surface area contributed by atoms with Gasteiger partial charge in [0.25, 0.3) is 0 Å². The SMILES string of the molecule is COC(=O)CCCCOc1ccc(Nc2nc(NC3CCCCC3)c3ncn(C4CCCCO4)c3n2)cc1. The third-order valence-corrected chi connectivity index (χ3v) is 7.22. The van der Waals surface area contributed by atoms with Gasteiger partial charge in [-0.3, -0.25) is 9.36 Å². The summed E-state index contributed by atoms with van der Waals surface area (Å²) in [5, 5.41) is 7.03. The van der Waals surface area contributed by atoms with E-state index in [-0.39, 0.29) is 12.2 Å². The van der Waals surface area contributed by atoms with Crippen LogP contribution in [-0.4, -0.2) is 51.9 Å². The minimum Gasteiger partial charge on any atom is -0.494 e. The molecule has 3 aromatic rings. The van der Waals surface area contributed by atoms with Gasteiger partial charge in [-0.05, 0) is 69.2 Å². The van der Waals surface area contributed by atoms with Gasteiger partial charge in [0.05, 0.1) is 20.0 Å². The standard InChI is InChI=1S/C28H38N6O4/c1-36-24(35)12-6-8-17-37-22-15-13-21(14-16-22)31-28-32-26(30-20-9-3-2-4-10-20)25-27(33-28)34(19-29-25)23-11-5-7-18-38-23/h13-16,19-20,23H,2-12,17-18H2,1H3,(H2,30,31,32,33). The van der Waals surface area contributed by atoms with Gasteiger partial charge in [-0.2, -0.15) is 9.97 Å². The van der Waals surface area contributed by atoms with Crippen molar-refractivity contribution >= 4 is 34.6 Å². The first-order chi connectivity index (χ1) is 18.7. The molecule has 1 saturated carbocycles. The number of imidazole rings is 1. The van der Waals surface area contributed by atoms with Crippen molar-refractivity contribution in [3.63, 3.8) is 0 Å². The Labute approximate surface area is 223 Å². The highest BCUT2D eigenvalue weighted by Gasteiger charge is 2.23. The monoisotopic (exact) mass is 522 g/mol. The van der Waals surface area contributed by atoms with Crippen LogP contribution in [0, 0.1) is 0 Å². The summed E-state index contributed by atoms with van der Waals surface area (Å²) in [6.07, 6.45) is 13.0. The van der Waals surface area contributed by atoms with Crippen LogP contribution in [0.15, 0.2) is 30.6 Å². The van der Waals surface area contributed by atoms with Gasteiger partial charge in [-0.25, -0.2) is 4.98 Å². The molecule has 1 saturated heterocycles. The van der Waals surface area contributed by atoms with Crippen molar-refractivity contribution in [3.8, 4) is 5.75 Å². The van der Waals surface area contributed by atoms with Gasteiger partial charge in [0, 0.05) is 24.8 Å². The average Bonchev–Trinajstić information content (AvgIpc) is 3.39. The van der Waals surface area contributed by atoms with E-state index >= 15 is 0 Å². The van der Waals surface area contributed by atoms with Gasteiger partial charge in [0.2, 0.25) is 5.95 Å². The number of unbranched alkanes of at least 4 members (excludes halogenated alkanes) is 1. The predicted molar refractivity (Wildman–Crippen MR) is 146 cm³/mol. The van der Waals surface area contributed by atoms with Gasteiger partial charge in [-0.15, -0.1) is 0 Å². The van der Waals surface area contributed by atoms with Gasteiger partial charge in [0.1, 0.15) is 12.0 Å². The lowest BCUT2D eigenvalue weighted by atomic mass is 9.95. The summed E-state index contributed by atoms with van der Waals surface area (Å²) in [4.78, 5) is 25.6. The molecule has 0 amide bonds. The molecule has 2 fully saturated rings. The highest BCUT2D eigenvalue weighted by atomic mass is 16.5. The second-order valence-corrected chi connectivity index (χ2v) is 10.1. The van der Waals surface area contributed by atoms with Gasteiger partial charge in [-0.1, -0.05) is 19.3 Å². The normalized spacial score (nSPS) is 18.3. The molecule has 0 bridgehead atoms. The van der Waals surface area contributed by atoms with Gasteiger partial charge < -0.3 is 24.8 Å². The van der Waals surface area contributed by atoms with Crippen LogP contribution in [0.1, 0.15) is 76.9 Å².